The van der Waals surface area contributed by atoms with Crippen LogP contribution in [0.15, 0.2) is 4.52 Å². The molecule has 4 heteroatoms. The summed E-state index contributed by atoms with van der Waals surface area (Å²) in [6.45, 7) is 9.41. The molecular weight excluding hydrogens is 190 g/mol. The van der Waals surface area contributed by atoms with Crippen molar-refractivity contribution in [2.45, 2.75) is 46.6 Å². The molecule has 0 amide bonds. The van der Waals surface area contributed by atoms with Gasteiger partial charge in [0.05, 0.1) is 0 Å². The van der Waals surface area contributed by atoms with Crippen LogP contribution in [0.1, 0.15) is 38.9 Å². The molecule has 1 aromatic rings. The first kappa shape index (κ1) is 12.2. The van der Waals surface area contributed by atoms with Crippen LogP contribution in [0.2, 0.25) is 0 Å². The molecular formula is C11H21N3O. The fourth-order valence-electron chi connectivity index (χ4n) is 1.66. The van der Waals surface area contributed by atoms with Crippen LogP contribution in [0, 0.1) is 12.8 Å². The zero-order valence-corrected chi connectivity index (χ0v) is 10.1. The van der Waals surface area contributed by atoms with E-state index in [1.807, 2.05) is 6.92 Å². The van der Waals surface area contributed by atoms with Crippen molar-refractivity contribution in [1.82, 2.24) is 15.5 Å². The number of aryl methyl sites for hydroxylation is 1. The van der Waals surface area contributed by atoms with Gasteiger partial charge in [-0.3, -0.25) is 0 Å². The van der Waals surface area contributed by atoms with E-state index in [-0.39, 0.29) is 0 Å². The number of hydrogen-bond donors (Lipinski definition) is 1. The van der Waals surface area contributed by atoms with Gasteiger partial charge in [0, 0.05) is 19.0 Å². The third kappa shape index (κ3) is 4.00. The van der Waals surface area contributed by atoms with E-state index in [0.29, 0.717) is 17.8 Å². The summed E-state index contributed by atoms with van der Waals surface area (Å²) >= 11 is 0. The minimum Gasteiger partial charge on any atom is -0.339 e. The molecule has 15 heavy (non-hydrogen) atoms. The largest absolute Gasteiger partial charge is 0.339 e. The smallest absolute Gasteiger partial charge is 0.227 e. The summed E-state index contributed by atoms with van der Waals surface area (Å²) in [6, 6.07) is 0.578. The maximum absolute atomic E-state index is 5.04. The normalized spacial score (nSPS) is 13.4. The van der Waals surface area contributed by atoms with Crippen molar-refractivity contribution >= 4 is 0 Å². The van der Waals surface area contributed by atoms with Gasteiger partial charge in [-0.15, -0.1) is 0 Å². The Labute approximate surface area is 91.5 Å². The van der Waals surface area contributed by atoms with Crippen molar-refractivity contribution in [2.24, 2.45) is 5.92 Å². The van der Waals surface area contributed by atoms with Gasteiger partial charge in [-0.2, -0.15) is 4.98 Å². The van der Waals surface area contributed by atoms with E-state index in [1.165, 1.54) is 0 Å². The van der Waals surface area contributed by atoms with Crippen molar-refractivity contribution in [3.8, 4) is 0 Å². The molecule has 1 aromatic heterocycles. The Morgan fingerprint density at radius 1 is 1.40 bits per heavy atom. The lowest BCUT2D eigenvalue weighted by Gasteiger charge is -2.20. The number of aromatic nitrogens is 2. The monoisotopic (exact) mass is 211 g/mol. The third-order valence-corrected chi connectivity index (χ3v) is 2.56. The minimum atomic E-state index is 0.578. The van der Waals surface area contributed by atoms with Crippen LogP contribution in [-0.4, -0.2) is 22.7 Å². The van der Waals surface area contributed by atoms with Crippen molar-refractivity contribution in [3.63, 3.8) is 0 Å². The zero-order valence-electron chi connectivity index (χ0n) is 10.1. The van der Waals surface area contributed by atoms with Gasteiger partial charge in [0.1, 0.15) is 0 Å². The van der Waals surface area contributed by atoms with Gasteiger partial charge in [-0.1, -0.05) is 25.9 Å². The standard InChI is InChI=1S/C11H21N3O/c1-5-10(8(2)3)12-7-6-11-13-9(4)14-15-11/h8,10,12H,5-7H2,1-4H3. The van der Waals surface area contributed by atoms with Crippen molar-refractivity contribution < 1.29 is 4.52 Å². The second-order valence-corrected chi connectivity index (χ2v) is 4.20. The topological polar surface area (TPSA) is 51.0 Å². The van der Waals surface area contributed by atoms with E-state index in [0.717, 1.165) is 25.3 Å². The first-order chi connectivity index (χ1) is 7.13. The number of rotatable bonds is 6. The van der Waals surface area contributed by atoms with E-state index in [4.69, 9.17) is 4.52 Å². The van der Waals surface area contributed by atoms with Crippen molar-refractivity contribution in [3.05, 3.63) is 11.7 Å². The van der Waals surface area contributed by atoms with Crippen LogP contribution >= 0.6 is 0 Å². The Bertz CT molecular complexity index is 283. The molecule has 0 saturated carbocycles. The van der Waals surface area contributed by atoms with E-state index in [9.17, 15) is 0 Å². The van der Waals surface area contributed by atoms with Gasteiger partial charge in [0.2, 0.25) is 5.89 Å². The molecule has 86 valence electrons. The Kier molecular flexibility index (Phi) is 4.75. The first-order valence-corrected chi connectivity index (χ1v) is 5.66. The van der Waals surface area contributed by atoms with Crippen LogP contribution in [-0.2, 0) is 6.42 Å². The summed E-state index contributed by atoms with van der Waals surface area (Å²) in [5, 5.41) is 7.25. The zero-order chi connectivity index (χ0) is 11.3. The molecule has 1 atom stereocenters. The number of hydrogen-bond acceptors (Lipinski definition) is 4. The molecule has 0 aromatic carbocycles. The van der Waals surface area contributed by atoms with Gasteiger partial charge in [0.25, 0.3) is 0 Å². The summed E-state index contributed by atoms with van der Waals surface area (Å²) in [5.74, 6) is 2.10. The van der Waals surface area contributed by atoms with Crippen LogP contribution < -0.4 is 5.32 Å². The number of nitrogens with one attached hydrogen (secondary N) is 1. The summed E-state index contributed by atoms with van der Waals surface area (Å²) < 4.78 is 5.04. The highest BCUT2D eigenvalue weighted by molar-refractivity contribution is 4.83. The molecule has 0 spiro atoms. The second kappa shape index (κ2) is 5.85. The minimum absolute atomic E-state index is 0.578. The predicted molar refractivity (Wildman–Crippen MR) is 59.7 cm³/mol. The highest BCUT2D eigenvalue weighted by Gasteiger charge is 2.10. The lowest BCUT2D eigenvalue weighted by Crippen LogP contribution is -2.34. The molecule has 1 rings (SSSR count). The molecule has 0 aliphatic heterocycles. The van der Waals surface area contributed by atoms with E-state index < -0.39 is 0 Å². The predicted octanol–water partition coefficient (Wildman–Crippen LogP) is 1.94. The van der Waals surface area contributed by atoms with Gasteiger partial charge in [0.15, 0.2) is 5.82 Å². The fourth-order valence-corrected chi connectivity index (χ4v) is 1.66. The maximum atomic E-state index is 5.04. The Hall–Kier alpha value is -0.900. The van der Waals surface area contributed by atoms with E-state index in [1.54, 1.807) is 0 Å². The van der Waals surface area contributed by atoms with Crippen LogP contribution in [0.5, 0.6) is 0 Å². The molecule has 0 fully saturated rings. The van der Waals surface area contributed by atoms with Gasteiger partial charge in [-0.05, 0) is 19.3 Å². The average Bonchev–Trinajstić information content (AvgIpc) is 2.58. The highest BCUT2D eigenvalue weighted by Crippen LogP contribution is 2.05. The van der Waals surface area contributed by atoms with Gasteiger partial charge in [-0.25, -0.2) is 0 Å². The molecule has 1 N–H and O–H groups in total. The van der Waals surface area contributed by atoms with Crippen molar-refractivity contribution in [1.29, 1.82) is 0 Å². The first-order valence-electron chi connectivity index (χ1n) is 5.66. The number of nitrogens with zero attached hydrogens (tertiary/aromatic N) is 2. The lowest BCUT2D eigenvalue weighted by molar-refractivity contribution is 0.353. The molecule has 0 bridgehead atoms. The fraction of sp³-hybridized carbons (Fsp3) is 0.818. The molecule has 1 heterocycles. The van der Waals surface area contributed by atoms with Crippen molar-refractivity contribution in [2.75, 3.05) is 6.54 Å². The average molecular weight is 211 g/mol. The van der Waals surface area contributed by atoms with Crippen LogP contribution in [0.4, 0.5) is 0 Å². The lowest BCUT2D eigenvalue weighted by atomic mass is 10.0. The summed E-state index contributed by atoms with van der Waals surface area (Å²) in [7, 11) is 0. The Balaban J connectivity index is 2.26. The summed E-state index contributed by atoms with van der Waals surface area (Å²) in [4.78, 5) is 4.16. The third-order valence-electron chi connectivity index (χ3n) is 2.56. The molecule has 4 nitrogen and oxygen atoms in total. The molecule has 0 aliphatic rings. The summed E-state index contributed by atoms with van der Waals surface area (Å²) in [5.41, 5.74) is 0. The quantitative estimate of drug-likeness (QED) is 0.781. The van der Waals surface area contributed by atoms with Crippen LogP contribution in [0.25, 0.3) is 0 Å². The summed E-state index contributed by atoms with van der Waals surface area (Å²) in [6.07, 6.45) is 1.96. The maximum Gasteiger partial charge on any atom is 0.227 e. The molecule has 1 unspecified atom stereocenters. The molecule has 0 radical (unpaired) electrons. The van der Waals surface area contributed by atoms with Gasteiger partial charge >= 0.3 is 0 Å². The van der Waals surface area contributed by atoms with Crippen LogP contribution in [0.3, 0.4) is 0 Å². The molecule has 0 saturated heterocycles. The Morgan fingerprint density at radius 2 is 2.13 bits per heavy atom. The Morgan fingerprint density at radius 3 is 2.60 bits per heavy atom. The van der Waals surface area contributed by atoms with E-state index >= 15 is 0 Å². The SMILES string of the molecule is CCC(NCCc1nc(C)no1)C(C)C. The van der Waals surface area contributed by atoms with E-state index in [2.05, 4.69) is 36.2 Å². The molecule has 0 aliphatic carbocycles. The highest BCUT2D eigenvalue weighted by atomic mass is 16.5. The van der Waals surface area contributed by atoms with Gasteiger partial charge < -0.3 is 9.84 Å². The second-order valence-electron chi connectivity index (χ2n) is 4.20.